The van der Waals surface area contributed by atoms with Crippen molar-refractivity contribution in [3.8, 4) is 32.6 Å². The molecule has 0 saturated carbocycles. The lowest BCUT2D eigenvalue weighted by molar-refractivity contribution is -0.0505. The summed E-state index contributed by atoms with van der Waals surface area (Å²) < 4.78 is 58.4. The number of fused-ring (bicyclic) bond motifs is 1. The minimum atomic E-state index is -2.90. The van der Waals surface area contributed by atoms with Crippen molar-refractivity contribution in [2.75, 3.05) is 0 Å². The lowest BCUT2D eigenvalue weighted by Gasteiger charge is -2.05. The third-order valence-corrected chi connectivity index (χ3v) is 5.71. The summed E-state index contributed by atoms with van der Waals surface area (Å²) in [4.78, 5) is 10.3. The molecule has 0 fully saturated rings. The smallest absolute Gasteiger partial charge is 0.387 e. The summed E-state index contributed by atoms with van der Waals surface area (Å²) in [6.45, 7) is -5.80. The van der Waals surface area contributed by atoms with Crippen molar-refractivity contribution in [2.45, 2.75) is 13.2 Å². The molecule has 144 valence electrons. The molecule has 4 aromatic rings. The van der Waals surface area contributed by atoms with Gasteiger partial charge in [0.05, 0.1) is 0 Å². The van der Waals surface area contributed by atoms with Crippen LogP contribution in [0.15, 0.2) is 48.5 Å². The Morgan fingerprint density at radius 1 is 0.679 bits per heavy atom. The van der Waals surface area contributed by atoms with Crippen LogP contribution in [0.5, 0.6) is 11.5 Å². The van der Waals surface area contributed by atoms with E-state index in [0.29, 0.717) is 30.8 Å². The Balaban J connectivity index is 1.62. The predicted octanol–water partition coefficient (Wildman–Crippen LogP) is 6.29. The fourth-order valence-electron chi connectivity index (χ4n) is 2.50. The SMILES string of the molecule is FC(F)Oc1cccc(-c2nc3sc(-c4cccc(OC(F)F)c4)nc3s2)c1. The highest BCUT2D eigenvalue weighted by atomic mass is 32.1. The van der Waals surface area contributed by atoms with Crippen LogP contribution in [0.4, 0.5) is 17.6 Å². The quantitative estimate of drug-likeness (QED) is 0.340. The van der Waals surface area contributed by atoms with Gasteiger partial charge >= 0.3 is 13.2 Å². The standard InChI is InChI=1S/C18H10F4N2O2S2/c19-17(20)25-11-5-1-3-9(7-11)13-23-15-16(27-13)24-14(28-15)10-4-2-6-12(8-10)26-18(21)22/h1-8,17-18H. The van der Waals surface area contributed by atoms with Crippen molar-refractivity contribution >= 4 is 32.3 Å². The fraction of sp³-hybridized carbons (Fsp3) is 0.111. The highest BCUT2D eigenvalue weighted by Gasteiger charge is 2.15. The molecule has 0 aliphatic rings. The van der Waals surface area contributed by atoms with Gasteiger partial charge in [0.2, 0.25) is 0 Å². The molecule has 0 radical (unpaired) electrons. The molecule has 0 amide bonds. The molecule has 0 aliphatic carbocycles. The zero-order valence-corrected chi connectivity index (χ0v) is 15.4. The molecule has 2 aromatic heterocycles. The second-order valence-electron chi connectivity index (χ2n) is 5.46. The van der Waals surface area contributed by atoms with Crippen molar-refractivity contribution in [2.24, 2.45) is 0 Å². The van der Waals surface area contributed by atoms with Gasteiger partial charge in [0, 0.05) is 11.1 Å². The zero-order valence-electron chi connectivity index (χ0n) is 13.8. The maximum Gasteiger partial charge on any atom is 0.387 e. The van der Waals surface area contributed by atoms with E-state index in [0.717, 1.165) is 0 Å². The van der Waals surface area contributed by atoms with Gasteiger partial charge in [-0.1, -0.05) is 46.9 Å². The van der Waals surface area contributed by atoms with Crippen LogP contribution in [0, 0.1) is 0 Å². The molecule has 2 aromatic carbocycles. The van der Waals surface area contributed by atoms with Crippen LogP contribution in [-0.2, 0) is 0 Å². The normalized spacial score (nSPS) is 11.5. The third kappa shape index (κ3) is 4.07. The average Bonchev–Trinajstić information content (AvgIpc) is 3.20. The van der Waals surface area contributed by atoms with Gasteiger partial charge < -0.3 is 9.47 Å². The molecule has 0 unspecified atom stereocenters. The molecule has 0 aliphatic heterocycles. The first kappa shape index (κ1) is 18.6. The molecule has 4 nitrogen and oxygen atoms in total. The highest BCUT2D eigenvalue weighted by molar-refractivity contribution is 7.29. The van der Waals surface area contributed by atoms with Gasteiger partial charge in [-0.25, -0.2) is 9.97 Å². The van der Waals surface area contributed by atoms with Crippen molar-refractivity contribution in [1.29, 1.82) is 0 Å². The fourth-order valence-corrected chi connectivity index (χ4v) is 4.53. The molecule has 0 N–H and O–H groups in total. The highest BCUT2D eigenvalue weighted by Crippen LogP contribution is 2.38. The van der Waals surface area contributed by atoms with Gasteiger partial charge in [-0.3, -0.25) is 0 Å². The van der Waals surface area contributed by atoms with E-state index in [1.807, 2.05) is 0 Å². The van der Waals surface area contributed by atoms with Crippen molar-refractivity contribution in [3.63, 3.8) is 0 Å². The number of aromatic nitrogens is 2. The number of hydrogen-bond acceptors (Lipinski definition) is 6. The number of rotatable bonds is 6. The summed E-state index contributed by atoms with van der Waals surface area (Å²) in [7, 11) is 0. The minimum Gasteiger partial charge on any atom is -0.435 e. The number of thiazole rings is 2. The third-order valence-electron chi connectivity index (χ3n) is 3.59. The van der Waals surface area contributed by atoms with Gasteiger partial charge in [-0.2, -0.15) is 17.6 Å². The molecular formula is C18H10F4N2O2S2. The van der Waals surface area contributed by atoms with Crippen LogP contribution in [0.25, 0.3) is 30.8 Å². The van der Waals surface area contributed by atoms with Crippen LogP contribution in [0.3, 0.4) is 0 Å². The van der Waals surface area contributed by atoms with E-state index in [9.17, 15) is 17.6 Å². The van der Waals surface area contributed by atoms with Crippen molar-refractivity contribution in [3.05, 3.63) is 48.5 Å². The lowest BCUT2D eigenvalue weighted by Crippen LogP contribution is -2.01. The van der Waals surface area contributed by atoms with Gasteiger partial charge in [-0.05, 0) is 24.3 Å². The van der Waals surface area contributed by atoms with E-state index in [4.69, 9.17) is 0 Å². The van der Waals surface area contributed by atoms with Crippen molar-refractivity contribution in [1.82, 2.24) is 9.97 Å². The van der Waals surface area contributed by atoms with Crippen LogP contribution in [0.1, 0.15) is 0 Å². The van der Waals surface area contributed by atoms with Crippen LogP contribution >= 0.6 is 22.7 Å². The predicted molar refractivity (Wildman–Crippen MR) is 99.4 cm³/mol. The molecular weight excluding hydrogens is 416 g/mol. The summed E-state index contributed by atoms with van der Waals surface area (Å²) in [5, 5.41) is 1.24. The summed E-state index contributed by atoms with van der Waals surface area (Å²) >= 11 is 2.60. The number of alkyl halides is 4. The Morgan fingerprint density at radius 2 is 1.11 bits per heavy atom. The molecule has 0 spiro atoms. The molecule has 2 heterocycles. The maximum atomic E-state index is 12.4. The molecule has 0 atom stereocenters. The Kier molecular flexibility index (Phi) is 5.14. The minimum absolute atomic E-state index is 0.0514. The van der Waals surface area contributed by atoms with Gasteiger partial charge in [0.15, 0.2) is 9.66 Å². The largest absolute Gasteiger partial charge is 0.435 e. The number of halogens is 4. The van der Waals surface area contributed by atoms with E-state index >= 15 is 0 Å². The first-order chi connectivity index (χ1) is 13.5. The summed E-state index contributed by atoms with van der Waals surface area (Å²) in [5.41, 5.74) is 1.28. The van der Waals surface area contributed by atoms with Gasteiger partial charge in [0.1, 0.15) is 21.5 Å². The Hall–Kier alpha value is -2.72. The van der Waals surface area contributed by atoms with Crippen LogP contribution < -0.4 is 9.47 Å². The van der Waals surface area contributed by atoms with E-state index < -0.39 is 13.2 Å². The Morgan fingerprint density at radius 3 is 1.50 bits per heavy atom. The Bertz CT molecular complexity index is 999. The van der Waals surface area contributed by atoms with Gasteiger partial charge in [-0.15, -0.1) is 0 Å². The molecule has 28 heavy (non-hydrogen) atoms. The van der Waals surface area contributed by atoms with E-state index in [-0.39, 0.29) is 11.5 Å². The van der Waals surface area contributed by atoms with E-state index in [1.54, 1.807) is 24.3 Å². The molecule has 4 rings (SSSR count). The summed E-state index contributed by atoms with van der Waals surface area (Å²) in [6.07, 6.45) is 0. The molecule has 0 bridgehead atoms. The number of ether oxygens (including phenoxy) is 2. The maximum absolute atomic E-state index is 12.4. The average molecular weight is 426 g/mol. The van der Waals surface area contributed by atoms with Crippen LogP contribution in [0.2, 0.25) is 0 Å². The van der Waals surface area contributed by atoms with Crippen molar-refractivity contribution < 1.29 is 27.0 Å². The number of benzene rings is 2. The monoisotopic (exact) mass is 426 g/mol. The first-order valence-corrected chi connectivity index (χ1v) is 9.49. The summed E-state index contributed by atoms with van der Waals surface area (Å²) in [6, 6.07) is 12.6. The van der Waals surface area contributed by atoms with Gasteiger partial charge in [0.25, 0.3) is 0 Å². The van der Waals surface area contributed by atoms with E-state index in [2.05, 4.69) is 19.4 Å². The zero-order chi connectivity index (χ0) is 19.7. The number of hydrogen-bond donors (Lipinski definition) is 0. The first-order valence-electron chi connectivity index (χ1n) is 7.86. The van der Waals surface area contributed by atoms with Crippen LogP contribution in [-0.4, -0.2) is 23.2 Å². The summed E-state index contributed by atoms with van der Waals surface area (Å²) in [5.74, 6) is 0.103. The molecule has 0 saturated heterocycles. The topological polar surface area (TPSA) is 44.2 Å². The van der Waals surface area contributed by atoms with E-state index in [1.165, 1.54) is 46.9 Å². The second-order valence-corrected chi connectivity index (χ2v) is 7.42. The number of nitrogens with zero attached hydrogens (tertiary/aromatic N) is 2. The second kappa shape index (κ2) is 7.72. The lowest BCUT2D eigenvalue weighted by atomic mass is 10.2. The Labute approximate surface area is 164 Å². The molecule has 10 heteroatoms.